The van der Waals surface area contributed by atoms with E-state index in [2.05, 4.69) is 0 Å². The summed E-state index contributed by atoms with van der Waals surface area (Å²) in [5.74, 6) is 0.727. The van der Waals surface area contributed by atoms with Crippen molar-refractivity contribution in [1.82, 2.24) is 13.8 Å². The van der Waals surface area contributed by atoms with E-state index in [1.807, 2.05) is 26.8 Å². The zero-order valence-electron chi connectivity index (χ0n) is 24.4. The molecule has 222 valence electrons. The van der Waals surface area contributed by atoms with Gasteiger partial charge in [-0.3, -0.25) is 4.79 Å². The Labute approximate surface area is 245 Å². The number of rotatable bonds is 5. The van der Waals surface area contributed by atoms with Crippen molar-refractivity contribution >= 4 is 43.7 Å². The number of carbonyl (C=O) groups excluding carboxylic acids is 2. The number of ether oxygens (including phenoxy) is 3. The molecule has 0 spiro atoms. The minimum absolute atomic E-state index is 0.0911. The van der Waals surface area contributed by atoms with Gasteiger partial charge in [0.1, 0.15) is 17.1 Å². The third-order valence-electron chi connectivity index (χ3n) is 7.24. The number of fused-ring (bicyclic) bond motifs is 2. The Morgan fingerprint density at radius 3 is 2.19 bits per heavy atom. The number of hydrogen-bond acceptors (Lipinski definition) is 7. The van der Waals surface area contributed by atoms with Crippen LogP contribution in [-0.4, -0.2) is 80.2 Å². The van der Waals surface area contributed by atoms with Crippen molar-refractivity contribution in [3.63, 3.8) is 0 Å². The maximum absolute atomic E-state index is 14.2. The molecule has 0 saturated carbocycles. The number of carbonyl (C=O) groups is 2. The molecule has 1 aromatic heterocycles. The zero-order valence-corrected chi connectivity index (χ0v) is 25.2. The molecule has 0 bridgehead atoms. The molecular formula is C31H35N3O7S. The van der Waals surface area contributed by atoms with Gasteiger partial charge in [-0.25, -0.2) is 17.2 Å². The Bertz CT molecular complexity index is 1770. The highest BCUT2D eigenvalue weighted by Gasteiger charge is 2.30. The van der Waals surface area contributed by atoms with Gasteiger partial charge in [0.25, 0.3) is 15.9 Å². The molecule has 1 aliphatic heterocycles. The molecule has 5 rings (SSSR count). The predicted molar refractivity (Wildman–Crippen MR) is 160 cm³/mol. The maximum atomic E-state index is 14.2. The number of nitrogens with zero attached hydrogens (tertiary/aromatic N) is 3. The fourth-order valence-corrected chi connectivity index (χ4v) is 6.80. The minimum Gasteiger partial charge on any atom is -0.497 e. The lowest BCUT2D eigenvalue weighted by Gasteiger charge is -2.26. The zero-order chi connectivity index (χ0) is 30.2. The molecule has 0 unspecified atom stereocenters. The smallest absolute Gasteiger partial charge is 0.410 e. The van der Waals surface area contributed by atoms with Crippen LogP contribution in [0.2, 0.25) is 0 Å². The Morgan fingerprint density at radius 2 is 1.50 bits per heavy atom. The van der Waals surface area contributed by atoms with Crippen LogP contribution in [0, 0.1) is 0 Å². The lowest BCUT2D eigenvalue weighted by molar-refractivity contribution is 0.0255. The highest BCUT2D eigenvalue weighted by molar-refractivity contribution is 7.90. The van der Waals surface area contributed by atoms with Crippen LogP contribution in [0.15, 0.2) is 65.7 Å². The molecule has 10 nitrogen and oxygen atoms in total. The first-order valence-corrected chi connectivity index (χ1v) is 15.2. The quantitative estimate of drug-likeness (QED) is 0.316. The molecule has 4 aromatic rings. The van der Waals surface area contributed by atoms with Crippen molar-refractivity contribution in [3.8, 4) is 11.5 Å². The number of aromatic nitrogens is 1. The number of methoxy groups -OCH3 is 2. The van der Waals surface area contributed by atoms with E-state index in [0.717, 1.165) is 3.97 Å². The molecule has 0 aliphatic carbocycles. The van der Waals surface area contributed by atoms with Crippen molar-refractivity contribution in [2.24, 2.45) is 0 Å². The SMILES string of the molecule is COc1ccc2c(c1)c(C(=O)N1CCCN(C(=O)OC(C)(C)C)CC1)cn2S(=O)(=O)c1ccc(OC)c2ccccc12. The standard InChI is InChI=1S/C31H35N3O7S/c1-31(2,3)41-30(36)33-16-8-15-32(17-18-33)29(35)25-20-34(26-12-11-21(39-4)19-24(25)26)42(37,38)28-14-13-27(40-5)22-9-6-7-10-23(22)28/h6-7,9-14,19-20H,8,15-18H2,1-5H3. The molecule has 1 saturated heterocycles. The fourth-order valence-electron chi connectivity index (χ4n) is 5.23. The summed E-state index contributed by atoms with van der Waals surface area (Å²) >= 11 is 0. The van der Waals surface area contributed by atoms with Crippen molar-refractivity contribution in [2.45, 2.75) is 37.7 Å². The molecule has 3 aromatic carbocycles. The molecule has 1 aliphatic rings. The fraction of sp³-hybridized carbons (Fsp3) is 0.355. The number of hydrogen-bond donors (Lipinski definition) is 0. The molecule has 1 fully saturated rings. The van der Waals surface area contributed by atoms with Crippen LogP contribution < -0.4 is 9.47 Å². The van der Waals surface area contributed by atoms with Crippen molar-refractivity contribution in [2.75, 3.05) is 40.4 Å². The highest BCUT2D eigenvalue weighted by Crippen LogP contribution is 2.35. The number of amides is 2. The van der Waals surface area contributed by atoms with Gasteiger partial charge >= 0.3 is 6.09 Å². The monoisotopic (exact) mass is 593 g/mol. The summed E-state index contributed by atoms with van der Waals surface area (Å²) in [6.07, 6.45) is 1.52. The third-order valence-corrected chi connectivity index (χ3v) is 8.98. The van der Waals surface area contributed by atoms with Gasteiger partial charge in [0.2, 0.25) is 0 Å². The predicted octanol–water partition coefficient (Wildman–Crippen LogP) is 5.13. The van der Waals surface area contributed by atoms with E-state index >= 15 is 0 Å². The summed E-state index contributed by atoms with van der Waals surface area (Å²) in [6, 6.07) is 15.3. The minimum atomic E-state index is -4.14. The van der Waals surface area contributed by atoms with Crippen molar-refractivity contribution in [3.05, 3.63) is 66.4 Å². The number of benzene rings is 3. The van der Waals surface area contributed by atoms with Crippen LogP contribution in [0.3, 0.4) is 0 Å². The van der Waals surface area contributed by atoms with Crippen LogP contribution in [0.1, 0.15) is 37.6 Å². The first-order valence-electron chi connectivity index (χ1n) is 13.7. The topological polar surface area (TPSA) is 107 Å². The van der Waals surface area contributed by atoms with E-state index in [9.17, 15) is 18.0 Å². The molecule has 0 radical (unpaired) electrons. The summed E-state index contributed by atoms with van der Waals surface area (Å²) in [6.45, 7) is 6.88. The van der Waals surface area contributed by atoms with Gasteiger partial charge in [-0.1, -0.05) is 24.3 Å². The lowest BCUT2D eigenvalue weighted by Crippen LogP contribution is -2.40. The molecular weight excluding hydrogens is 558 g/mol. The molecule has 0 N–H and O–H groups in total. The Kier molecular flexibility index (Phi) is 7.80. The van der Waals surface area contributed by atoms with Gasteiger partial charge in [-0.05, 0) is 57.5 Å². The molecule has 42 heavy (non-hydrogen) atoms. The summed E-state index contributed by atoms with van der Waals surface area (Å²) in [5.41, 5.74) is -0.0409. The molecule has 11 heteroatoms. The molecule has 2 amide bonds. The Balaban J connectivity index is 1.55. The maximum Gasteiger partial charge on any atom is 0.410 e. The van der Waals surface area contributed by atoms with Gasteiger partial charge in [-0.2, -0.15) is 0 Å². The van der Waals surface area contributed by atoms with Crippen LogP contribution in [0.5, 0.6) is 11.5 Å². The van der Waals surface area contributed by atoms with E-state index in [1.165, 1.54) is 26.5 Å². The second-order valence-electron chi connectivity index (χ2n) is 11.2. The molecule has 2 heterocycles. The van der Waals surface area contributed by atoms with Gasteiger partial charge < -0.3 is 24.0 Å². The molecule has 0 atom stereocenters. The van der Waals surface area contributed by atoms with Gasteiger partial charge in [0.05, 0.1) is 30.2 Å². The normalized spacial score (nSPS) is 14.6. The highest BCUT2D eigenvalue weighted by atomic mass is 32.2. The Morgan fingerprint density at radius 1 is 0.810 bits per heavy atom. The summed E-state index contributed by atoms with van der Waals surface area (Å²) in [5, 5.41) is 1.62. The lowest BCUT2D eigenvalue weighted by atomic mass is 10.1. The average molecular weight is 594 g/mol. The second-order valence-corrected chi connectivity index (χ2v) is 12.9. The van der Waals surface area contributed by atoms with E-state index in [1.54, 1.807) is 52.3 Å². The van der Waals surface area contributed by atoms with E-state index in [4.69, 9.17) is 14.2 Å². The summed E-state index contributed by atoms with van der Waals surface area (Å²) in [7, 11) is -1.09. The second kappa shape index (κ2) is 11.2. The average Bonchev–Trinajstić information content (AvgIpc) is 3.17. The largest absolute Gasteiger partial charge is 0.497 e. The van der Waals surface area contributed by atoms with Gasteiger partial charge in [0, 0.05) is 48.5 Å². The van der Waals surface area contributed by atoms with E-state index in [0.29, 0.717) is 59.2 Å². The van der Waals surface area contributed by atoms with Gasteiger partial charge in [0.15, 0.2) is 0 Å². The van der Waals surface area contributed by atoms with Gasteiger partial charge in [-0.15, -0.1) is 0 Å². The van der Waals surface area contributed by atoms with E-state index in [-0.39, 0.29) is 22.9 Å². The van der Waals surface area contributed by atoms with Crippen LogP contribution in [-0.2, 0) is 14.8 Å². The van der Waals surface area contributed by atoms with Crippen molar-refractivity contribution < 1.29 is 32.2 Å². The van der Waals surface area contributed by atoms with Crippen LogP contribution in [0.25, 0.3) is 21.7 Å². The van der Waals surface area contributed by atoms with Crippen LogP contribution >= 0.6 is 0 Å². The summed E-state index contributed by atoms with van der Waals surface area (Å²) in [4.78, 5) is 30.0. The first kappa shape index (κ1) is 29.2. The Hall–Kier alpha value is -4.25. The van der Waals surface area contributed by atoms with E-state index < -0.39 is 21.7 Å². The van der Waals surface area contributed by atoms with Crippen molar-refractivity contribution in [1.29, 1.82) is 0 Å². The van der Waals surface area contributed by atoms with Crippen LogP contribution in [0.4, 0.5) is 4.79 Å². The summed E-state index contributed by atoms with van der Waals surface area (Å²) < 4.78 is 46.0. The third kappa shape index (κ3) is 5.48. The first-order chi connectivity index (χ1) is 19.9.